The number of nitrogens with zero attached hydrogens (tertiary/aromatic N) is 2. The number of nitrogens with one attached hydrogen (secondary N) is 1. The van der Waals surface area contributed by atoms with Gasteiger partial charge < -0.3 is 4.74 Å². The minimum atomic E-state index is -0.417. The second kappa shape index (κ2) is 9.09. The molecule has 1 aromatic heterocycles. The van der Waals surface area contributed by atoms with Crippen LogP contribution in [0, 0.1) is 10.1 Å². The molecule has 0 bridgehead atoms. The maximum absolute atomic E-state index is 12.6. The lowest BCUT2D eigenvalue weighted by atomic mass is 10.1. The van der Waals surface area contributed by atoms with Gasteiger partial charge in [-0.3, -0.25) is 20.2 Å². The van der Waals surface area contributed by atoms with Crippen LogP contribution in [0.3, 0.4) is 0 Å². The highest BCUT2D eigenvalue weighted by atomic mass is 32.1. The first-order valence-corrected chi connectivity index (χ1v) is 9.59. The van der Waals surface area contributed by atoms with Gasteiger partial charge in [0.25, 0.3) is 11.6 Å². The molecular formula is C20H19N3O4S. The van der Waals surface area contributed by atoms with E-state index in [0.717, 1.165) is 16.9 Å². The zero-order valence-corrected chi connectivity index (χ0v) is 16.1. The van der Waals surface area contributed by atoms with Crippen molar-refractivity contribution in [2.75, 3.05) is 11.9 Å². The number of ether oxygens (including phenoxy) is 1. The van der Waals surface area contributed by atoms with Gasteiger partial charge in [0.2, 0.25) is 0 Å². The van der Waals surface area contributed by atoms with Gasteiger partial charge in [-0.1, -0.05) is 31.2 Å². The van der Waals surface area contributed by atoms with Crippen molar-refractivity contribution in [2.24, 2.45) is 0 Å². The number of nitro groups is 1. The highest BCUT2D eigenvalue weighted by Gasteiger charge is 2.14. The number of non-ortho nitro benzene ring substituents is 1. The van der Waals surface area contributed by atoms with E-state index in [9.17, 15) is 14.9 Å². The van der Waals surface area contributed by atoms with Crippen molar-refractivity contribution in [3.63, 3.8) is 0 Å². The molecule has 0 saturated carbocycles. The molecule has 0 aliphatic carbocycles. The average molecular weight is 397 g/mol. The maximum Gasteiger partial charge on any atom is 0.269 e. The first-order valence-electron chi connectivity index (χ1n) is 8.78. The van der Waals surface area contributed by atoms with Gasteiger partial charge in [0.1, 0.15) is 5.75 Å². The van der Waals surface area contributed by atoms with Crippen LogP contribution in [0.15, 0.2) is 54.7 Å². The molecular weight excluding hydrogens is 378 g/mol. The van der Waals surface area contributed by atoms with Crippen molar-refractivity contribution in [1.82, 2.24) is 4.98 Å². The molecule has 0 spiro atoms. The smallest absolute Gasteiger partial charge is 0.269 e. The van der Waals surface area contributed by atoms with E-state index in [1.54, 1.807) is 36.5 Å². The van der Waals surface area contributed by atoms with Gasteiger partial charge in [-0.2, -0.15) is 0 Å². The van der Waals surface area contributed by atoms with Crippen molar-refractivity contribution in [3.8, 4) is 5.75 Å². The van der Waals surface area contributed by atoms with E-state index in [1.807, 2.05) is 19.1 Å². The average Bonchev–Trinajstić information content (AvgIpc) is 3.13. The molecule has 3 aromatic rings. The van der Waals surface area contributed by atoms with Gasteiger partial charge in [0.05, 0.1) is 17.1 Å². The molecule has 144 valence electrons. The summed E-state index contributed by atoms with van der Waals surface area (Å²) in [6.45, 7) is 2.54. The predicted octanol–water partition coefficient (Wildman–Crippen LogP) is 4.68. The Bertz CT molecular complexity index is 987. The van der Waals surface area contributed by atoms with Crippen LogP contribution in [0.2, 0.25) is 0 Å². The molecule has 0 fully saturated rings. The minimum absolute atomic E-state index is 0.0548. The van der Waals surface area contributed by atoms with Crippen molar-refractivity contribution in [1.29, 1.82) is 0 Å². The molecule has 7 nitrogen and oxygen atoms in total. The van der Waals surface area contributed by atoms with Gasteiger partial charge in [-0.15, -0.1) is 11.3 Å². The largest absolute Gasteiger partial charge is 0.493 e. The Kier molecular flexibility index (Phi) is 6.33. The lowest BCUT2D eigenvalue weighted by Crippen LogP contribution is -2.13. The third-order valence-electron chi connectivity index (χ3n) is 3.87. The first-order chi connectivity index (χ1) is 13.6. The molecule has 1 heterocycles. The number of hydrogen-bond donors (Lipinski definition) is 1. The Morgan fingerprint density at radius 2 is 2.07 bits per heavy atom. The number of aromatic nitrogens is 1. The summed E-state index contributed by atoms with van der Waals surface area (Å²) >= 11 is 1.33. The van der Waals surface area contributed by atoms with E-state index >= 15 is 0 Å². The summed E-state index contributed by atoms with van der Waals surface area (Å²) in [4.78, 5) is 28.2. The lowest BCUT2D eigenvalue weighted by molar-refractivity contribution is -0.384. The third-order valence-corrected chi connectivity index (χ3v) is 4.78. The number of rotatable bonds is 8. The van der Waals surface area contributed by atoms with E-state index in [4.69, 9.17) is 4.74 Å². The number of benzene rings is 2. The summed E-state index contributed by atoms with van der Waals surface area (Å²) in [5, 5.41) is 14.2. The molecule has 0 aliphatic rings. The topological polar surface area (TPSA) is 94.4 Å². The molecule has 3 rings (SSSR count). The Morgan fingerprint density at radius 3 is 2.86 bits per heavy atom. The number of thiazole rings is 1. The van der Waals surface area contributed by atoms with E-state index < -0.39 is 4.92 Å². The van der Waals surface area contributed by atoms with Gasteiger partial charge in [0.15, 0.2) is 5.13 Å². The number of carbonyl (C=O) groups excluding carboxylic acids is 1. The first kappa shape index (κ1) is 19.5. The van der Waals surface area contributed by atoms with Crippen molar-refractivity contribution in [2.45, 2.75) is 19.8 Å². The summed E-state index contributed by atoms with van der Waals surface area (Å²) < 4.78 is 5.63. The summed E-state index contributed by atoms with van der Waals surface area (Å²) in [7, 11) is 0. The number of amides is 1. The van der Waals surface area contributed by atoms with E-state index in [-0.39, 0.29) is 11.6 Å². The highest BCUT2D eigenvalue weighted by Crippen LogP contribution is 2.25. The number of para-hydroxylation sites is 1. The van der Waals surface area contributed by atoms with Crippen molar-refractivity contribution < 1.29 is 14.5 Å². The second-order valence-electron chi connectivity index (χ2n) is 6.03. The molecule has 0 saturated heterocycles. The fraction of sp³-hybridized carbons (Fsp3) is 0.200. The lowest BCUT2D eigenvalue weighted by Gasteiger charge is -2.09. The quantitative estimate of drug-likeness (QED) is 0.440. The molecule has 2 aromatic carbocycles. The fourth-order valence-corrected chi connectivity index (χ4v) is 3.43. The number of carbonyl (C=O) groups is 1. The number of anilines is 1. The van der Waals surface area contributed by atoms with E-state index in [1.165, 1.54) is 17.4 Å². The van der Waals surface area contributed by atoms with E-state index in [2.05, 4.69) is 10.3 Å². The maximum atomic E-state index is 12.6. The molecule has 1 amide bonds. The minimum Gasteiger partial charge on any atom is -0.493 e. The summed E-state index contributed by atoms with van der Waals surface area (Å²) in [6, 6.07) is 13.6. The molecule has 1 N–H and O–H groups in total. The molecule has 8 heteroatoms. The second-order valence-corrected chi connectivity index (χ2v) is 7.15. The Morgan fingerprint density at radius 1 is 1.25 bits per heavy atom. The van der Waals surface area contributed by atoms with Gasteiger partial charge in [-0.05, 0) is 24.1 Å². The summed E-state index contributed by atoms with van der Waals surface area (Å²) in [6.07, 6.45) is 3.02. The Labute approximate surface area is 166 Å². The SMILES string of the molecule is CCCOc1ccccc1C(=O)Nc1ncc(Cc2cccc([N+](=O)[O-])c2)s1. The third kappa shape index (κ3) is 4.92. The van der Waals surface area contributed by atoms with Gasteiger partial charge >= 0.3 is 0 Å². The molecule has 0 radical (unpaired) electrons. The summed E-state index contributed by atoms with van der Waals surface area (Å²) in [5.41, 5.74) is 1.32. The van der Waals surface area contributed by atoms with Crippen LogP contribution < -0.4 is 10.1 Å². The molecule has 28 heavy (non-hydrogen) atoms. The molecule has 0 atom stereocenters. The monoisotopic (exact) mass is 397 g/mol. The van der Waals surface area contributed by atoms with Gasteiger partial charge in [0, 0.05) is 29.6 Å². The standard InChI is InChI=1S/C20H19N3O4S/c1-2-10-27-18-9-4-3-8-17(18)19(24)22-20-21-13-16(28-20)12-14-6-5-7-15(11-14)23(25)26/h3-9,11,13H,2,10,12H2,1H3,(H,21,22,24). The molecule has 0 unspecified atom stereocenters. The fourth-order valence-electron chi connectivity index (χ4n) is 2.58. The van der Waals surface area contributed by atoms with Crippen LogP contribution in [0.25, 0.3) is 0 Å². The van der Waals surface area contributed by atoms with Crippen LogP contribution >= 0.6 is 11.3 Å². The van der Waals surface area contributed by atoms with Crippen molar-refractivity contribution >= 4 is 28.1 Å². The normalized spacial score (nSPS) is 10.5. The van der Waals surface area contributed by atoms with Crippen LogP contribution in [-0.4, -0.2) is 22.4 Å². The highest BCUT2D eigenvalue weighted by molar-refractivity contribution is 7.15. The zero-order valence-electron chi connectivity index (χ0n) is 15.3. The zero-order chi connectivity index (χ0) is 19.9. The van der Waals surface area contributed by atoms with Crippen LogP contribution in [0.4, 0.5) is 10.8 Å². The van der Waals surface area contributed by atoms with Crippen LogP contribution in [0.1, 0.15) is 34.1 Å². The van der Waals surface area contributed by atoms with Crippen molar-refractivity contribution in [3.05, 3.63) is 80.8 Å². The van der Waals surface area contributed by atoms with Crippen LogP contribution in [0.5, 0.6) is 5.75 Å². The predicted molar refractivity (Wildman–Crippen MR) is 108 cm³/mol. The summed E-state index contributed by atoms with van der Waals surface area (Å²) in [5.74, 6) is 0.248. The Balaban J connectivity index is 1.69. The molecule has 0 aliphatic heterocycles. The van der Waals surface area contributed by atoms with Crippen LogP contribution in [-0.2, 0) is 6.42 Å². The Hall–Kier alpha value is -3.26. The van der Waals surface area contributed by atoms with Gasteiger partial charge in [-0.25, -0.2) is 4.98 Å². The van der Waals surface area contributed by atoms with E-state index in [0.29, 0.717) is 29.5 Å². The number of hydrogen-bond acceptors (Lipinski definition) is 6. The number of nitro benzene ring substituents is 1.